The lowest BCUT2D eigenvalue weighted by atomic mass is 9.98. The number of halogens is 1. The highest BCUT2D eigenvalue weighted by Crippen LogP contribution is 2.33. The fraction of sp³-hybridized carbons (Fsp3) is 0.250. The van der Waals surface area contributed by atoms with Crippen molar-refractivity contribution in [2.75, 3.05) is 26.3 Å². The number of hydrogen-bond donors (Lipinski definition) is 1. The van der Waals surface area contributed by atoms with Crippen LogP contribution in [-0.4, -0.2) is 42.1 Å². The minimum absolute atomic E-state index is 0.124. The molecule has 0 spiro atoms. The molecule has 1 fully saturated rings. The van der Waals surface area contributed by atoms with E-state index in [0.29, 0.717) is 47.4 Å². The van der Waals surface area contributed by atoms with Crippen molar-refractivity contribution in [1.29, 1.82) is 0 Å². The van der Waals surface area contributed by atoms with Crippen LogP contribution in [0.1, 0.15) is 21.5 Å². The molecular weight excluding hydrogens is 337 g/mol. The molecule has 0 saturated carbocycles. The number of benzene rings is 2. The maximum atomic E-state index is 13.1. The van der Waals surface area contributed by atoms with Crippen LogP contribution in [0.2, 0.25) is 0 Å². The molecule has 0 radical (unpaired) electrons. The van der Waals surface area contributed by atoms with E-state index in [0.717, 1.165) is 13.1 Å². The highest BCUT2D eigenvalue weighted by atomic mass is 19.1. The van der Waals surface area contributed by atoms with Crippen LogP contribution in [0.15, 0.2) is 47.1 Å². The Morgan fingerprint density at radius 2 is 1.85 bits per heavy atom. The van der Waals surface area contributed by atoms with Crippen LogP contribution >= 0.6 is 0 Å². The molecule has 26 heavy (non-hydrogen) atoms. The van der Waals surface area contributed by atoms with Crippen LogP contribution in [0.5, 0.6) is 5.75 Å². The molecule has 2 aromatic carbocycles. The average Bonchev–Trinajstić information content (AvgIpc) is 3.09. The Morgan fingerprint density at radius 3 is 2.58 bits per heavy atom. The number of nitrogens with zero attached hydrogens (tertiary/aromatic N) is 1. The third-order valence-corrected chi connectivity index (χ3v) is 4.66. The Labute approximate surface area is 149 Å². The van der Waals surface area contributed by atoms with Gasteiger partial charge in [-0.25, -0.2) is 4.39 Å². The Hall–Kier alpha value is -2.70. The second-order valence-corrected chi connectivity index (χ2v) is 6.31. The van der Waals surface area contributed by atoms with Crippen molar-refractivity contribution >= 4 is 16.8 Å². The van der Waals surface area contributed by atoms with Crippen molar-refractivity contribution in [3.63, 3.8) is 0 Å². The van der Waals surface area contributed by atoms with Gasteiger partial charge in [0, 0.05) is 36.1 Å². The zero-order chi connectivity index (χ0) is 18.1. The normalized spacial score (nSPS) is 15.4. The minimum atomic E-state index is -0.399. The zero-order valence-electron chi connectivity index (χ0n) is 14.1. The van der Waals surface area contributed by atoms with Gasteiger partial charge in [0.1, 0.15) is 23.4 Å². The maximum absolute atomic E-state index is 13.1. The molecule has 1 N–H and O–H groups in total. The molecule has 5 nitrogen and oxygen atoms in total. The number of phenolic OH excluding ortho intramolecular Hbond substituents is 1. The summed E-state index contributed by atoms with van der Waals surface area (Å²) in [6.45, 7) is 3.30. The molecule has 0 aliphatic carbocycles. The number of carbonyl (C=O) groups excluding carboxylic acids is 1. The number of fused-ring (bicyclic) bond motifs is 1. The predicted molar refractivity (Wildman–Crippen MR) is 93.8 cm³/mol. The van der Waals surface area contributed by atoms with Gasteiger partial charge in [-0.3, -0.25) is 9.69 Å². The summed E-state index contributed by atoms with van der Waals surface area (Å²) in [6, 6.07) is 8.62. The quantitative estimate of drug-likeness (QED) is 0.727. The van der Waals surface area contributed by atoms with Gasteiger partial charge in [-0.05, 0) is 36.4 Å². The van der Waals surface area contributed by atoms with E-state index in [-0.39, 0.29) is 11.5 Å². The molecule has 3 aromatic rings. The first kappa shape index (κ1) is 16.8. The molecule has 1 aromatic heterocycles. The molecule has 1 aliphatic heterocycles. The number of phenols is 1. The number of aromatic hydroxyl groups is 1. The van der Waals surface area contributed by atoms with E-state index in [9.17, 15) is 14.3 Å². The molecule has 0 unspecified atom stereocenters. The minimum Gasteiger partial charge on any atom is -0.508 e. The lowest BCUT2D eigenvalue weighted by Gasteiger charge is -2.27. The summed E-state index contributed by atoms with van der Waals surface area (Å²) in [5, 5.41) is 11.0. The van der Waals surface area contributed by atoms with E-state index < -0.39 is 5.82 Å². The van der Waals surface area contributed by atoms with Crippen LogP contribution in [0, 0.1) is 5.82 Å². The smallest absolute Gasteiger partial charge is 0.196 e. The lowest BCUT2D eigenvalue weighted by molar-refractivity contribution is 0.0340. The second kappa shape index (κ2) is 6.90. The summed E-state index contributed by atoms with van der Waals surface area (Å²) in [4.78, 5) is 15.1. The molecule has 0 amide bonds. The SMILES string of the molecule is O=C(c1ccc(F)cc1)c1coc2ccc(O)c(CN3CCOCC3)c12. The molecule has 4 rings (SSSR count). The van der Waals surface area contributed by atoms with Gasteiger partial charge in [-0.1, -0.05) is 0 Å². The van der Waals surface area contributed by atoms with Crippen molar-refractivity contribution in [2.45, 2.75) is 6.54 Å². The van der Waals surface area contributed by atoms with Crippen LogP contribution in [-0.2, 0) is 11.3 Å². The molecule has 0 bridgehead atoms. The molecule has 6 heteroatoms. The maximum Gasteiger partial charge on any atom is 0.196 e. The summed E-state index contributed by atoms with van der Waals surface area (Å²) in [6.07, 6.45) is 1.40. The summed E-state index contributed by atoms with van der Waals surface area (Å²) >= 11 is 0. The Balaban J connectivity index is 1.76. The molecule has 0 atom stereocenters. The van der Waals surface area contributed by atoms with E-state index in [1.807, 2.05) is 0 Å². The first-order valence-corrected chi connectivity index (χ1v) is 8.46. The molecule has 1 saturated heterocycles. The Morgan fingerprint density at radius 1 is 1.12 bits per heavy atom. The topological polar surface area (TPSA) is 62.9 Å². The first-order valence-electron chi connectivity index (χ1n) is 8.46. The molecule has 1 aliphatic rings. The molecular formula is C20H18FNO4. The van der Waals surface area contributed by atoms with Gasteiger partial charge in [0.25, 0.3) is 0 Å². The highest BCUT2D eigenvalue weighted by Gasteiger charge is 2.22. The molecule has 2 heterocycles. The van der Waals surface area contributed by atoms with Gasteiger partial charge in [-0.15, -0.1) is 0 Å². The van der Waals surface area contributed by atoms with E-state index in [1.165, 1.54) is 30.5 Å². The van der Waals surface area contributed by atoms with Crippen molar-refractivity contribution in [3.05, 3.63) is 65.2 Å². The van der Waals surface area contributed by atoms with Crippen molar-refractivity contribution in [1.82, 2.24) is 4.90 Å². The van der Waals surface area contributed by atoms with Gasteiger partial charge >= 0.3 is 0 Å². The second-order valence-electron chi connectivity index (χ2n) is 6.31. The third-order valence-electron chi connectivity index (χ3n) is 4.66. The predicted octanol–water partition coefficient (Wildman–Crippen LogP) is 3.34. The number of hydrogen-bond acceptors (Lipinski definition) is 5. The fourth-order valence-corrected chi connectivity index (χ4v) is 3.26. The summed E-state index contributed by atoms with van der Waals surface area (Å²) in [5.41, 5.74) is 1.93. The summed E-state index contributed by atoms with van der Waals surface area (Å²) in [7, 11) is 0. The first-order chi connectivity index (χ1) is 12.6. The third kappa shape index (κ3) is 3.09. The van der Waals surface area contributed by atoms with Crippen LogP contribution in [0.25, 0.3) is 11.0 Å². The van der Waals surface area contributed by atoms with Crippen molar-refractivity contribution in [2.24, 2.45) is 0 Å². The van der Waals surface area contributed by atoms with Gasteiger partial charge < -0.3 is 14.3 Å². The monoisotopic (exact) mass is 355 g/mol. The number of ketones is 1. The molecule has 134 valence electrons. The fourth-order valence-electron chi connectivity index (χ4n) is 3.26. The van der Waals surface area contributed by atoms with Gasteiger partial charge in [0.15, 0.2) is 5.78 Å². The van der Waals surface area contributed by atoms with Gasteiger partial charge in [-0.2, -0.15) is 0 Å². The standard InChI is InChI=1S/C20H18FNO4/c21-14-3-1-13(2-4-14)20(24)16-12-26-18-6-5-17(23)15(19(16)18)11-22-7-9-25-10-8-22/h1-6,12,23H,7-11H2. The number of morpholine rings is 1. The van der Waals surface area contributed by atoms with Gasteiger partial charge in [0.2, 0.25) is 0 Å². The van der Waals surface area contributed by atoms with Crippen molar-refractivity contribution < 1.29 is 23.4 Å². The van der Waals surface area contributed by atoms with E-state index in [2.05, 4.69) is 4.90 Å². The lowest BCUT2D eigenvalue weighted by Crippen LogP contribution is -2.35. The number of rotatable bonds is 4. The average molecular weight is 355 g/mol. The highest BCUT2D eigenvalue weighted by molar-refractivity contribution is 6.16. The summed E-state index contributed by atoms with van der Waals surface area (Å²) < 4.78 is 24.1. The van der Waals surface area contributed by atoms with E-state index in [1.54, 1.807) is 12.1 Å². The largest absolute Gasteiger partial charge is 0.508 e. The number of ether oxygens (including phenoxy) is 1. The Bertz CT molecular complexity index is 942. The van der Waals surface area contributed by atoms with Crippen LogP contribution in [0.4, 0.5) is 4.39 Å². The van der Waals surface area contributed by atoms with E-state index in [4.69, 9.17) is 9.15 Å². The Kier molecular flexibility index (Phi) is 4.44. The van der Waals surface area contributed by atoms with Crippen LogP contribution in [0.3, 0.4) is 0 Å². The van der Waals surface area contributed by atoms with Gasteiger partial charge in [0.05, 0.1) is 18.8 Å². The number of carbonyl (C=O) groups is 1. The zero-order valence-corrected chi connectivity index (χ0v) is 14.1. The summed E-state index contributed by atoms with van der Waals surface area (Å²) in [5.74, 6) is -0.541. The number of furan rings is 1. The van der Waals surface area contributed by atoms with Crippen LogP contribution < -0.4 is 0 Å². The van der Waals surface area contributed by atoms with Crippen molar-refractivity contribution in [3.8, 4) is 5.75 Å². The van der Waals surface area contributed by atoms with E-state index >= 15 is 0 Å².